The van der Waals surface area contributed by atoms with Crippen molar-refractivity contribution in [2.45, 2.75) is 37.9 Å². The third-order valence-electron chi connectivity index (χ3n) is 5.77. The number of alkyl halides is 1. The van der Waals surface area contributed by atoms with Crippen molar-refractivity contribution in [3.05, 3.63) is 95.6 Å². The number of aliphatic hydroxyl groups is 1. The molecular weight excluding hydrogens is 493 g/mol. The Morgan fingerprint density at radius 3 is 2.44 bits per heavy atom. The summed E-state index contributed by atoms with van der Waals surface area (Å²) in [5, 5.41) is 9.66. The van der Waals surface area contributed by atoms with Crippen LogP contribution in [0.15, 0.2) is 67.0 Å². The smallest absolute Gasteiger partial charge is 0.191 e. The van der Waals surface area contributed by atoms with Crippen LogP contribution in [0.5, 0.6) is 5.75 Å². The normalized spacial score (nSPS) is 17.1. The molecule has 4 N–H and O–H groups in total. The molecule has 3 rings (SSSR count). The number of aliphatic hydroxyl groups excluding tert-OH is 1. The number of benzene rings is 2. The SMILES string of the molecule is C=C1C=C(c2ccc(F)c(OCCC(F)(P)C(O)c3ccc(F)cc3)c2F)C=CN1NC(N)C(C)C. The lowest BCUT2D eigenvalue weighted by atomic mass is 10.0. The van der Waals surface area contributed by atoms with Crippen LogP contribution in [0.3, 0.4) is 0 Å². The van der Waals surface area contributed by atoms with Crippen LogP contribution in [0.4, 0.5) is 17.6 Å². The first-order chi connectivity index (χ1) is 16.9. The van der Waals surface area contributed by atoms with E-state index in [-0.39, 0.29) is 23.2 Å². The Morgan fingerprint density at radius 2 is 1.83 bits per heavy atom. The van der Waals surface area contributed by atoms with E-state index in [1.807, 2.05) is 23.1 Å². The van der Waals surface area contributed by atoms with Crippen LogP contribution in [0.1, 0.15) is 37.5 Å². The highest BCUT2D eigenvalue weighted by molar-refractivity contribution is 7.18. The molecule has 1 aliphatic heterocycles. The van der Waals surface area contributed by atoms with Gasteiger partial charge in [-0.3, -0.25) is 5.01 Å². The Kier molecular flexibility index (Phi) is 8.95. The third-order valence-corrected chi connectivity index (χ3v) is 6.38. The molecule has 0 amide bonds. The summed E-state index contributed by atoms with van der Waals surface area (Å²) in [4.78, 5) is 0. The molecule has 0 fully saturated rings. The minimum absolute atomic E-state index is 0.0698. The minimum Gasteiger partial charge on any atom is -0.487 e. The molecule has 2 aromatic rings. The fourth-order valence-electron chi connectivity index (χ4n) is 3.41. The van der Waals surface area contributed by atoms with E-state index in [1.165, 1.54) is 18.2 Å². The van der Waals surface area contributed by atoms with Crippen molar-refractivity contribution in [1.29, 1.82) is 0 Å². The Balaban J connectivity index is 1.70. The first-order valence-corrected chi connectivity index (χ1v) is 11.9. The molecule has 10 heteroatoms. The summed E-state index contributed by atoms with van der Waals surface area (Å²) in [6.07, 6.45) is 2.50. The van der Waals surface area contributed by atoms with Gasteiger partial charge in [0.25, 0.3) is 0 Å². The largest absolute Gasteiger partial charge is 0.487 e. The van der Waals surface area contributed by atoms with Crippen LogP contribution in [0.25, 0.3) is 5.57 Å². The van der Waals surface area contributed by atoms with Crippen LogP contribution in [-0.2, 0) is 0 Å². The van der Waals surface area contributed by atoms with Crippen molar-refractivity contribution in [1.82, 2.24) is 10.4 Å². The summed E-state index contributed by atoms with van der Waals surface area (Å²) in [5.41, 5.74) is 10.2. The van der Waals surface area contributed by atoms with Crippen molar-refractivity contribution in [3.63, 3.8) is 0 Å². The van der Waals surface area contributed by atoms with E-state index in [0.29, 0.717) is 11.3 Å². The monoisotopic (exact) mass is 523 g/mol. The van der Waals surface area contributed by atoms with Crippen LogP contribution < -0.4 is 15.9 Å². The number of ether oxygens (including phenoxy) is 1. The molecule has 5 nitrogen and oxygen atoms in total. The van der Waals surface area contributed by atoms with Gasteiger partial charge in [0, 0.05) is 18.2 Å². The second-order valence-electron chi connectivity index (χ2n) is 8.89. The van der Waals surface area contributed by atoms with Gasteiger partial charge in [0.15, 0.2) is 22.8 Å². The van der Waals surface area contributed by atoms with E-state index in [0.717, 1.165) is 18.2 Å². The Hall–Kier alpha value is -2.71. The Bertz CT molecular complexity index is 1150. The molecule has 0 saturated carbocycles. The number of nitrogens with two attached hydrogens (primary N) is 1. The topological polar surface area (TPSA) is 70.8 Å². The zero-order valence-electron chi connectivity index (χ0n) is 20.0. The minimum atomic E-state index is -2.28. The van der Waals surface area contributed by atoms with E-state index in [1.54, 1.807) is 23.4 Å². The van der Waals surface area contributed by atoms with Gasteiger partial charge in [0.1, 0.15) is 11.9 Å². The lowest BCUT2D eigenvalue weighted by Crippen LogP contribution is -2.49. The molecule has 194 valence electrons. The lowest BCUT2D eigenvalue weighted by Gasteiger charge is -2.30. The van der Waals surface area contributed by atoms with E-state index >= 15 is 8.78 Å². The third kappa shape index (κ3) is 6.53. The van der Waals surface area contributed by atoms with E-state index in [4.69, 9.17) is 10.5 Å². The second-order valence-corrected chi connectivity index (χ2v) is 9.85. The number of nitrogens with one attached hydrogen (secondary N) is 1. The van der Waals surface area contributed by atoms with Crippen LogP contribution in [-0.4, -0.2) is 28.3 Å². The molecule has 0 bridgehead atoms. The zero-order valence-corrected chi connectivity index (χ0v) is 21.2. The molecule has 36 heavy (non-hydrogen) atoms. The summed E-state index contributed by atoms with van der Waals surface area (Å²) >= 11 is 0. The number of rotatable bonds is 10. The summed E-state index contributed by atoms with van der Waals surface area (Å²) in [6, 6.07) is 7.05. The first kappa shape index (κ1) is 27.9. The molecule has 4 unspecified atom stereocenters. The number of nitrogens with zero attached hydrogens (tertiary/aromatic N) is 1. The number of allylic oxidation sites excluding steroid dienone is 3. The quantitative estimate of drug-likeness (QED) is 0.224. The van der Waals surface area contributed by atoms with E-state index in [2.05, 4.69) is 12.0 Å². The van der Waals surface area contributed by atoms with E-state index < -0.39 is 47.7 Å². The number of hydrazine groups is 1. The van der Waals surface area contributed by atoms with Crippen LogP contribution in [0.2, 0.25) is 0 Å². The fraction of sp³-hybridized carbons (Fsp3) is 0.308. The van der Waals surface area contributed by atoms with Gasteiger partial charge in [0.2, 0.25) is 0 Å². The average Bonchev–Trinajstić information content (AvgIpc) is 2.82. The molecule has 1 heterocycles. The van der Waals surface area contributed by atoms with Crippen molar-refractivity contribution >= 4 is 14.8 Å². The van der Waals surface area contributed by atoms with Crippen molar-refractivity contribution < 1.29 is 27.4 Å². The van der Waals surface area contributed by atoms with Gasteiger partial charge in [-0.2, -0.15) is 0 Å². The van der Waals surface area contributed by atoms with Gasteiger partial charge in [-0.05, 0) is 53.5 Å². The predicted molar refractivity (Wildman–Crippen MR) is 135 cm³/mol. The molecule has 0 aromatic heterocycles. The van der Waals surface area contributed by atoms with Gasteiger partial charge >= 0.3 is 0 Å². The molecular formula is C26H30F4N3O2P. The highest BCUT2D eigenvalue weighted by Gasteiger charge is 2.34. The zero-order chi connectivity index (χ0) is 26.6. The molecule has 4 atom stereocenters. The molecule has 0 spiro atoms. The second kappa shape index (κ2) is 11.6. The van der Waals surface area contributed by atoms with Gasteiger partial charge in [-0.25, -0.2) is 23.0 Å². The highest BCUT2D eigenvalue weighted by Crippen LogP contribution is 2.39. The van der Waals surface area contributed by atoms with Gasteiger partial charge in [0.05, 0.1) is 18.5 Å². The summed E-state index contributed by atoms with van der Waals surface area (Å²) in [5.74, 6) is -2.93. The molecule has 1 aliphatic rings. The van der Waals surface area contributed by atoms with Crippen molar-refractivity contribution in [2.24, 2.45) is 11.7 Å². The highest BCUT2D eigenvalue weighted by atomic mass is 31.0. The standard InChI is InChI=1S/C26H30F4N3O2P/c1-15(2)25(31)32-33-12-10-18(14-16(33)3)20-8-9-21(28)23(22(20)29)35-13-11-26(30,36)24(34)17-4-6-19(27)7-5-17/h4-10,12,14-15,24-25,32,34H,3,11,13,31,36H2,1-2H3. The maximum Gasteiger partial charge on any atom is 0.191 e. The van der Waals surface area contributed by atoms with Gasteiger partial charge in [-0.1, -0.05) is 41.8 Å². The van der Waals surface area contributed by atoms with Gasteiger partial charge in [-0.15, -0.1) is 0 Å². The maximum atomic E-state index is 15.2. The Morgan fingerprint density at radius 1 is 1.17 bits per heavy atom. The Labute approximate surface area is 210 Å². The predicted octanol–water partition coefficient (Wildman–Crippen LogP) is 5.32. The first-order valence-electron chi connectivity index (χ1n) is 11.3. The van der Waals surface area contributed by atoms with E-state index in [9.17, 15) is 13.9 Å². The number of hydrogen-bond donors (Lipinski definition) is 3. The molecule has 0 radical (unpaired) electrons. The molecule has 2 aromatic carbocycles. The lowest BCUT2D eigenvalue weighted by molar-refractivity contribution is 0.0382. The van der Waals surface area contributed by atoms with Crippen molar-refractivity contribution in [2.75, 3.05) is 6.61 Å². The summed E-state index contributed by atoms with van der Waals surface area (Å²) in [6.45, 7) is 7.43. The number of hydrogen-bond acceptors (Lipinski definition) is 5. The van der Waals surface area contributed by atoms with Crippen molar-refractivity contribution in [3.8, 4) is 5.75 Å². The summed E-state index contributed by atoms with van der Waals surface area (Å²) < 4.78 is 63.1. The average molecular weight is 524 g/mol. The maximum absolute atomic E-state index is 15.2. The van der Waals surface area contributed by atoms with Crippen LogP contribution >= 0.6 is 9.24 Å². The van der Waals surface area contributed by atoms with Gasteiger partial charge < -0.3 is 15.6 Å². The summed E-state index contributed by atoms with van der Waals surface area (Å²) in [7, 11) is 1.88. The molecule has 0 saturated heterocycles. The number of halogens is 4. The fourth-order valence-corrected chi connectivity index (χ4v) is 3.72. The van der Waals surface area contributed by atoms with Crippen LogP contribution in [0, 0.1) is 23.4 Å². The molecule has 0 aliphatic carbocycles.